The summed E-state index contributed by atoms with van der Waals surface area (Å²) in [5.41, 5.74) is 2.04. The van der Waals surface area contributed by atoms with Crippen LogP contribution in [0.3, 0.4) is 0 Å². The maximum absolute atomic E-state index is 9.22. The molecule has 0 unspecified atom stereocenters. The quantitative estimate of drug-likeness (QED) is 0.692. The Hall–Kier alpha value is -1.90. The lowest BCUT2D eigenvalue weighted by Crippen LogP contribution is -1.98. The van der Waals surface area contributed by atoms with Crippen molar-refractivity contribution >= 4 is 5.69 Å². The number of rotatable bonds is 3. The normalized spacial score (nSPS) is 10.0. The maximum Gasteiger partial charge on any atom is 0.117 e. The zero-order chi connectivity index (χ0) is 9.80. The molecule has 0 fully saturated rings. The average Bonchev–Trinajstić information content (AvgIpc) is 2.67. The minimum Gasteiger partial charge on any atom is -0.508 e. The maximum atomic E-state index is 9.22. The van der Waals surface area contributed by atoms with Gasteiger partial charge in [0.2, 0.25) is 0 Å². The molecule has 0 aliphatic carbocycles. The highest BCUT2D eigenvalue weighted by atomic mass is 16.3. The highest BCUT2D eigenvalue weighted by Gasteiger charge is 1.94. The van der Waals surface area contributed by atoms with Crippen LogP contribution in [-0.4, -0.2) is 10.1 Å². The number of aromatic amines is 1. The van der Waals surface area contributed by atoms with Gasteiger partial charge in [-0.15, -0.1) is 0 Å². The summed E-state index contributed by atoms with van der Waals surface area (Å²) >= 11 is 0. The second kappa shape index (κ2) is 3.87. The van der Waals surface area contributed by atoms with Gasteiger partial charge in [-0.1, -0.05) is 6.07 Å². The van der Waals surface area contributed by atoms with Crippen LogP contribution in [0.15, 0.2) is 42.6 Å². The predicted octanol–water partition coefficient (Wildman–Crippen LogP) is 2.33. The Balaban J connectivity index is 1.98. The van der Waals surface area contributed by atoms with Crippen LogP contribution in [0, 0.1) is 0 Å². The van der Waals surface area contributed by atoms with Gasteiger partial charge in [0, 0.05) is 23.6 Å². The van der Waals surface area contributed by atoms with Crippen LogP contribution in [-0.2, 0) is 6.54 Å². The van der Waals surface area contributed by atoms with Gasteiger partial charge in [-0.3, -0.25) is 0 Å². The minimum absolute atomic E-state index is 0.279. The highest BCUT2D eigenvalue weighted by molar-refractivity contribution is 5.47. The SMILES string of the molecule is Oc1cccc(NCc2ccc[nH]2)c1. The molecule has 0 atom stereocenters. The number of phenols is 1. The van der Waals surface area contributed by atoms with Crippen molar-refractivity contribution in [1.82, 2.24) is 4.98 Å². The van der Waals surface area contributed by atoms with Gasteiger partial charge in [-0.05, 0) is 24.3 Å². The third-order valence-electron chi connectivity index (χ3n) is 1.99. The molecule has 3 nitrogen and oxygen atoms in total. The molecule has 0 saturated heterocycles. The Labute approximate surface area is 82.4 Å². The summed E-state index contributed by atoms with van der Waals surface area (Å²) in [7, 11) is 0. The summed E-state index contributed by atoms with van der Waals surface area (Å²) < 4.78 is 0. The van der Waals surface area contributed by atoms with Gasteiger partial charge in [0.05, 0.1) is 6.54 Å². The van der Waals surface area contributed by atoms with Crippen LogP contribution in [0.25, 0.3) is 0 Å². The van der Waals surface area contributed by atoms with Crippen molar-refractivity contribution in [1.29, 1.82) is 0 Å². The Bertz CT molecular complexity index is 395. The van der Waals surface area contributed by atoms with Crippen molar-refractivity contribution in [3.8, 4) is 5.75 Å². The molecule has 3 N–H and O–H groups in total. The van der Waals surface area contributed by atoms with E-state index in [1.54, 1.807) is 12.1 Å². The van der Waals surface area contributed by atoms with Gasteiger partial charge < -0.3 is 15.4 Å². The van der Waals surface area contributed by atoms with Crippen LogP contribution < -0.4 is 5.32 Å². The van der Waals surface area contributed by atoms with E-state index in [1.807, 2.05) is 30.5 Å². The largest absolute Gasteiger partial charge is 0.508 e. The molecule has 2 rings (SSSR count). The smallest absolute Gasteiger partial charge is 0.117 e. The number of anilines is 1. The minimum atomic E-state index is 0.279. The van der Waals surface area contributed by atoms with Crippen molar-refractivity contribution in [3.05, 3.63) is 48.3 Å². The fourth-order valence-electron chi connectivity index (χ4n) is 1.29. The van der Waals surface area contributed by atoms with Gasteiger partial charge in [0.25, 0.3) is 0 Å². The summed E-state index contributed by atoms with van der Waals surface area (Å²) in [5, 5.41) is 12.4. The monoisotopic (exact) mass is 188 g/mol. The molecule has 2 aromatic rings. The Morgan fingerprint density at radius 3 is 2.86 bits per heavy atom. The van der Waals surface area contributed by atoms with Crippen molar-refractivity contribution in [2.75, 3.05) is 5.32 Å². The van der Waals surface area contributed by atoms with Crippen molar-refractivity contribution in [2.45, 2.75) is 6.54 Å². The Kier molecular flexibility index (Phi) is 2.40. The number of aromatic hydroxyl groups is 1. The summed E-state index contributed by atoms with van der Waals surface area (Å²) in [4.78, 5) is 3.10. The van der Waals surface area contributed by atoms with E-state index in [-0.39, 0.29) is 5.75 Å². The van der Waals surface area contributed by atoms with E-state index in [0.29, 0.717) is 0 Å². The van der Waals surface area contributed by atoms with E-state index in [2.05, 4.69) is 10.3 Å². The third-order valence-corrected chi connectivity index (χ3v) is 1.99. The Morgan fingerprint density at radius 1 is 1.21 bits per heavy atom. The van der Waals surface area contributed by atoms with E-state index in [1.165, 1.54) is 0 Å². The first-order chi connectivity index (χ1) is 6.84. The highest BCUT2D eigenvalue weighted by Crippen LogP contribution is 2.15. The zero-order valence-corrected chi connectivity index (χ0v) is 7.70. The zero-order valence-electron chi connectivity index (χ0n) is 7.70. The van der Waals surface area contributed by atoms with Gasteiger partial charge >= 0.3 is 0 Å². The molecule has 1 aromatic heterocycles. The van der Waals surface area contributed by atoms with Crippen LogP contribution in [0.5, 0.6) is 5.75 Å². The number of aromatic nitrogens is 1. The molecule has 72 valence electrons. The molecule has 0 bridgehead atoms. The van der Waals surface area contributed by atoms with Crippen LogP contribution in [0.1, 0.15) is 5.69 Å². The fraction of sp³-hybridized carbons (Fsp3) is 0.0909. The van der Waals surface area contributed by atoms with Gasteiger partial charge in [-0.2, -0.15) is 0 Å². The first-order valence-electron chi connectivity index (χ1n) is 4.50. The third kappa shape index (κ3) is 2.07. The lowest BCUT2D eigenvalue weighted by Gasteiger charge is -2.04. The standard InChI is InChI=1S/C11H12N2O/c14-11-5-1-3-9(7-11)13-8-10-4-2-6-12-10/h1-7,12-14H,8H2. The van der Waals surface area contributed by atoms with E-state index in [4.69, 9.17) is 0 Å². The molecule has 3 heteroatoms. The van der Waals surface area contributed by atoms with Crippen LogP contribution in [0.2, 0.25) is 0 Å². The number of H-pyrrole nitrogens is 1. The molecule has 0 amide bonds. The number of nitrogens with one attached hydrogen (secondary N) is 2. The fourth-order valence-corrected chi connectivity index (χ4v) is 1.29. The Morgan fingerprint density at radius 2 is 2.14 bits per heavy atom. The number of hydrogen-bond donors (Lipinski definition) is 3. The summed E-state index contributed by atoms with van der Waals surface area (Å²) in [6.45, 7) is 0.733. The van der Waals surface area contributed by atoms with Crippen molar-refractivity contribution < 1.29 is 5.11 Å². The molecular formula is C11H12N2O. The molecule has 1 heterocycles. The molecule has 0 aliphatic heterocycles. The molecule has 0 spiro atoms. The van der Waals surface area contributed by atoms with Crippen LogP contribution >= 0.6 is 0 Å². The molecular weight excluding hydrogens is 176 g/mol. The molecule has 0 saturated carbocycles. The van der Waals surface area contributed by atoms with Gasteiger partial charge in [0.15, 0.2) is 0 Å². The van der Waals surface area contributed by atoms with Gasteiger partial charge in [0.1, 0.15) is 5.75 Å². The van der Waals surface area contributed by atoms with Crippen molar-refractivity contribution in [2.24, 2.45) is 0 Å². The molecule has 1 aromatic carbocycles. The predicted molar refractivity (Wildman–Crippen MR) is 56.2 cm³/mol. The van der Waals surface area contributed by atoms with E-state index >= 15 is 0 Å². The topological polar surface area (TPSA) is 48.0 Å². The summed E-state index contributed by atoms with van der Waals surface area (Å²) in [6, 6.07) is 11.0. The van der Waals surface area contributed by atoms with E-state index < -0.39 is 0 Å². The van der Waals surface area contributed by atoms with Crippen molar-refractivity contribution in [3.63, 3.8) is 0 Å². The van der Waals surface area contributed by atoms with E-state index in [9.17, 15) is 5.11 Å². The second-order valence-electron chi connectivity index (χ2n) is 3.10. The number of hydrogen-bond acceptors (Lipinski definition) is 2. The molecule has 14 heavy (non-hydrogen) atoms. The summed E-state index contributed by atoms with van der Waals surface area (Å²) in [5.74, 6) is 0.279. The first-order valence-corrected chi connectivity index (χ1v) is 4.50. The second-order valence-corrected chi connectivity index (χ2v) is 3.10. The lowest BCUT2D eigenvalue weighted by molar-refractivity contribution is 0.475. The number of benzene rings is 1. The molecule has 0 aliphatic rings. The van der Waals surface area contributed by atoms with Gasteiger partial charge in [-0.25, -0.2) is 0 Å². The first kappa shape index (κ1) is 8.69. The summed E-state index contributed by atoms with van der Waals surface area (Å²) in [6.07, 6.45) is 1.89. The molecule has 0 radical (unpaired) electrons. The average molecular weight is 188 g/mol. The lowest BCUT2D eigenvalue weighted by atomic mass is 10.3. The van der Waals surface area contributed by atoms with E-state index in [0.717, 1.165) is 17.9 Å². The van der Waals surface area contributed by atoms with Crippen LogP contribution in [0.4, 0.5) is 5.69 Å². The number of phenolic OH excluding ortho intramolecular Hbond substituents is 1.